The van der Waals surface area contributed by atoms with Crippen LogP contribution in [0.3, 0.4) is 0 Å². The topological polar surface area (TPSA) is 62.0 Å². The number of nitrogens with one attached hydrogen (secondary N) is 2. The zero-order valence-electron chi connectivity index (χ0n) is 12.5. The van der Waals surface area contributed by atoms with Gasteiger partial charge >= 0.3 is 0 Å². The number of aromatic nitrogens is 1. The maximum atomic E-state index is 12.6. The Bertz CT molecular complexity index is 933. The van der Waals surface area contributed by atoms with Gasteiger partial charge in [-0.05, 0) is 24.6 Å². The Balaban J connectivity index is 1.95. The minimum atomic E-state index is -0.306. The van der Waals surface area contributed by atoms with Gasteiger partial charge in [0.15, 0.2) is 0 Å². The van der Waals surface area contributed by atoms with E-state index in [4.69, 9.17) is 11.6 Å². The number of aromatic amines is 1. The number of para-hydroxylation sites is 1. The van der Waals surface area contributed by atoms with Crippen molar-refractivity contribution in [3.63, 3.8) is 0 Å². The monoisotopic (exact) mass is 326 g/mol. The first-order valence-electron chi connectivity index (χ1n) is 7.23. The molecule has 1 heterocycles. The summed E-state index contributed by atoms with van der Waals surface area (Å²) < 4.78 is 0. The summed E-state index contributed by atoms with van der Waals surface area (Å²) in [5.41, 5.74) is 1.51. The number of benzene rings is 2. The Morgan fingerprint density at radius 1 is 1.13 bits per heavy atom. The lowest BCUT2D eigenvalue weighted by Crippen LogP contribution is -2.28. The molecule has 0 spiro atoms. The number of amides is 1. The standard InChI is InChI=1S/C18H15ClN2O2/c1-11(12-6-2-4-8-15(12)19)20-18(23)14-10-17(22)21-16-9-5-3-7-13(14)16/h2-11H,1H3,(H,20,23)(H,21,22). The molecule has 116 valence electrons. The van der Waals surface area contributed by atoms with Gasteiger partial charge in [-0.15, -0.1) is 0 Å². The number of fused-ring (bicyclic) bond motifs is 1. The fraction of sp³-hybridized carbons (Fsp3) is 0.111. The van der Waals surface area contributed by atoms with Crippen LogP contribution in [0, 0.1) is 0 Å². The largest absolute Gasteiger partial charge is 0.345 e. The minimum absolute atomic E-state index is 0.269. The lowest BCUT2D eigenvalue weighted by atomic mass is 10.1. The summed E-state index contributed by atoms with van der Waals surface area (Å²) >= 11 is 6.16. The van der Waals surface area contributed by atoms with E-state index in [-0.39, 0.29) is 17.5 Å². The van der Waals surface area contributed by atoms with Gasteiger partial charge in [-0.3, -0.25) is 9.59 Å². The molecule has 0 aliphatic heterocycles. The van der Waals surface area contributed by atoms with Gasteiger partial charge in [0.2, 0.25) is 5.56 Å². The van der Waals surface area contributed by atoms with Crippen LogP contribution in [0.15, 0.2) is 59.4 Å². The molecule has 1 unspecified atom stereocenters. The molecule has 5 heteroatoms. The second kappa shape index (κ2) is 6.26. The Morgan fingerprint density at radius 3 is 2.61 bits per heavy atom. The highest BCUT2D eigenvalue weighted by Crippen LogP contribution is 2.23. The van der Waals surface area contributed by atoms with Crippen LogP contribution >= 0.6 is 11.6 Å². The number of hydrogen-bond acceptors (Lipinski definition) is 2. The third-order valence-corrected chi connectivity index (χ3v) is 4.06. The first-order chi connectivity index (χ1) is 11.1. The van der Waals surface area contributed by atoms with Crippen molar-refractivity contribution in [1.82, 2.24) is 10.3 Å². The number of carbonyl (C=O) groups is 1. The molecular weight excluding hydrogens is 312 g/mol. The molecule has 0 bridgehead atoms. The predicted molar refractivity (Wildman–Crippen MR) is 91.9 cm³/mol. The molecule has 23 heavy (non-hydrogen) atoms. The van der Waals surface area contributed by atoms with E-state index in [0.717, 1.165) is 5.56 Å². The number of halogens is 1. The van der Waals surface area contributed by atoms with E-state index in [1.807, 2.05) is 37.3 Å². The molecule has 1 atom stereocenters. The van der Waals surface area contributed by atoms with Gasteiger partial charge in [0.05, 0.1) is 11.6 Å². The first kappa shape index (κ1) is 15.3. The van der Waals surface area contributed by atoms with Crippen molar-refractivity contribution in [2.45, 2.75) is 13.0 Å². The number of pyridine rings is 1. The number of H-pyrrole nitrogens is 1. The van der Waals surface area contributed by atoms with E-state index in [9.17, 15) is 9.59 Å². The summed E-state index contributed by atoms with van der Waals surface area (Å²) in [5, 5.41) is 4.19. The molecule has 0 fully saturated rings. The molecule has 2 N–H and O–H groups in total. The lowest BCUT2D eigenvalue weighted by molar-refractivity contribution is 0.0941. The third-order valence-electron chi connectivity index (χ3n) is 3.71. The van der Waals surface area contributed by atoms with E-state index >= 15 is 0 Å². The fourth-order valence-corrected chi connectivity index (χ4v) is 2.87. The van der Waals surface area contributed by atoms with Gasteiger partial charge in [-0.25, -0.2) is 0 Å². The Morgan fingerprint density at radius 2 is 1.83 bits per heavy atom. The minimum Gasteiger partial charge on any atom is -0.345 e. The van der Waals surface area contributed by atoms with E-state index in [2.05, 4.69) is 10.3 Å². The molecular formula is C18H15ClN2O2. The van der Waals surface area contributed by atoms with Crippen LogP contribution in [0.4, 0.5) is 0 Å². The van der Waals surface area contributed by atoms with Crippen LogP contribution in [-0.4, -0.2) is 10.9 Å². The SMILES string of the molecule is CC(NC(=O)c1cc(=O)[nH]c2ccccc12)c1ccccc1Cl. The van der Waals surface area contributed by atoms with Crippen molar-refractivity contribution in [3.05, 3.63) is 81.1 Å². The Labute approximate surface area is 138 Å². The first-order valence-corrected chi connectivity index (χ1v) is 7.61. The maximum absolute atomic E-state index is 12.6. The average molecular weight is 327 g/mol. The normalized spacial score (nSPS) is 12.1. The van der Waals surface area contributed by atoms with Crippen molar-refractivity contribution < 1.29 is 4.79 Å². The number of carbonyl (C=O) groups excluding carboxylic acids is 1. The second-order valence-corrected chi connectivity index (χ2v) is 5.72. The van der Waals surface area contributed by atoms with Gasteiger partial charge in [0.25, 0.3) is 5.91 Å². The smallest absolute Gasteiger partial charge is 0.252 e. The fourth-order valence-electron chi connectivity index (χ4n) is 2.57. The zero-order chi connectivity index (χ0) is 16.4. The molecule has 2 aromatic carbocycles. The van der Waals surface area contributed by atoms with Crippen LogP contribution in [-0.2, 0) is 0 Å². The van der Waals surface area contributed by atoms with Crippen LogP contribution in [0.25, 0.3) is 10.9 Å². The van der Waals surface area contributed by atoms with Crippen LogP contribution < -0.4 is 10.9 Å². The number of hydrogen-bond donors (Lipinski definition) is 2. The van der Waals surface area contributed by atoms with Crippen LogP contribution in [0.2, 0.25) is 5.02 Å². The quantitative estimate of drug-likeness (QED) is 0.771. The van der Waals surface area contributed by atoms with Gasteiger partial charge in [0.1, 0.15) is 0 Å². The van der Waals surface area contributed by atoms with E-state index in [1.165, 1.54) is 6.07 Å². The molecule has 0 radical (unpaired) electrons. The summed E-state index contributed by atoms with van der Waals surface area (Å²) in [6.07, 6.45) is 0. The molecule has 1 aromatic heterocycles. The van der Waals surface area contributed by atoms with E-state index in [1.54, 1.807) is 18.2 Å². The summed E-state index contributed by atoms with van der Waals surface area (Å²) in [5.74, 6) is -0.306. The molecule has 3 aromatic rings. The molecule has 0 saturated heterocycles. The lowest BCUT2D eigenvalue weighted by Gasteiger charge is -2.16. The van der Waals surface area contributed by atoms with Gasteiger partial charge in [-0.2, -0.15) is 0 Å². The summed E-state index contributed by atoms with van der Waals surface area (Å²) in [4.78, 5) is 27.1. The van der Waals surface area contributed by atoms with Gasteiger partial charge < -0.3 is 10.3 Å². The maximum Gasteiger partial charge on any atom is 0.252 e. The van der Waals surface area contributed by atoms with Crippen molar-refractivity contribution in [2.24, 2.45) is 0 Å². The van der Waals surface area contributed by atoms with Crippen molar-refractivity contribution in [3.8, 4) is 0 Å². The highest BCUT2D eigenvalue weighted by atomic mass is 35.5. The second-order valence-electron chi connectivity index (χ2n) is 5.31. The van der Waals surface area contributed by atoms with Crippen molar-refractivity contribution >= 4 is 28.4 Å². The Kier molecular flexibility index (Phi) is 4.17. The molecule has 0 aliphatic rings. The van der Waals surface area contributed by atoms with Crippen LogP contribution in [0.1, 0.15) is 28.9 Å². The summed E-state index contributed by atoms with van der Waals surface area (Å²) in [7, 11) is 0. The highest BCUT2D eigenvalue weighted by molar-refractivity contribution is 6.31. The zero-order valence-corrected chi connectivity index (χ0v) is 13.2. The molecule has 0 saturated carbocycles. The van der Waals surface area contributed by atoms with E-state index < -0.39 is 0 Å². The number of rotatable bonds is 3. The molecule has 4 nitrogen and oxygen atoms in total. The summed E-state index contributed by atoms with van der Waals surface area (Å²) in [6.45, 7) is 1.86. The molecule has 0 aliphatic carbocycles. The van der Waals surface area contributed by atoms with Gasteiger partial charge in [-0.1, -0.05) is 48.0 Å². The van der Waals surface area contributed by atoms with Gasteiger partial charge in [0, 0.05) is 22.0 Å². The Hall–Kier alpha value is -2.59. The highest BCUT2D eigenvalue weighted by Gasteiger charge is 2.16. The average Bonchev–Trinajstić information content (AvgIpc) is 2.54. The predicted octanol–water partition coefficient (Wildman–Crippen LogP) is 3.67. The summed E-state index contributed by atoms with van der Waals surface area (Å²) in [6, 6.07) is 15.6. The van der Waals surface area contributed by atoms with Crippen molar-refractivity contribution in [1.29, 1.82) is 0 Å². The van der Waals surface area contributed by atoms with Crippen LogP contribution in [0.5, 0.6) is 0 Å². The third kappa shape index (κ3) is 3.12. The molecule has 3 rings (SSSR count). The molecule has 1 amide bonds. The van der Waals surface area contributed by atoms with Crippen molar-refractivity contribution in [2.75, 3.05) is 0 Å². The van der Waals surface area contributed by atoms with E-state index in [0.29, 0.717) is 21.5 Å².